The molecule has 10 heavy (non-hydrogen) atoms. The maximum atomic E-state index is 10.3. The number of esters is 1. The largest absolute Gasteiger partial charge is 0.463 e. The number of hydrogen-bond acceptors (Lipinski definition) is 5. The Bertz CT molecular complexity index is 151. The van der Waals surface area contributed by atoms with Crippen LogP contribution in [0.4, 0.5) is 0 Å². The van der Waals surface area contributed by atoms with Crippen LogP contribution in [-0.2, 0) is 14.3 Å². The standard InChI is InChI=1S/C5H8N2O3/c6-3-5(9)10-2-1-7-4-8/h1-3,6H2. The molecule has 0 aromatic heterocycles. The highest BCUT2D eigenvalue weighted by atomic mass is 16.5. The minimum absolute atomic E-state index is 0.0886. The van der Waals surface area contributed by atoms with Crippen LogP contribution >= 0.6 is 0 Å². The summed E-state index contributed by atoms with van der Waals surface area (Å²) >= 11 is 0. The Morgan fingerprint density at radius 3 is 2.90 bits per heavy atom. The third-order valence-electron chi connectivity index (χ3n) is 0.697. The van der Waals surface area contributed by atoms with Gasteiger partial charge in [-0.15, -0.1) is 0 Å². The lowest BCUT2D eigenvalue weighted by atomic mass is 10.6. The molecule has 0 saturated heterocycles. The van der Waals surface area contributed by atoms with Gasteiger partial charge >= 0.3 is 5.97 Å². The van der Waals surface area contributed by atoms with E-state index in [9.17, 15) is 9.59 Å². The van der Waals surface area contributed by atoms with Crippen molar-refractivity contribution in [1.29, 1.82) is 0 Å². The van der Waals surface area contributed by atoms with Crippen molar-refractivity contribution in [2.45, 2.75) is 0 Å². The summed E-state index contributed by atoms with van der Waals surface area (Å²) in [5.41, 5.74) is 4.90. The van der Waals surface area contributed by atoms with Crippen molar-refractivity contribution in [3.63, 3.8) is 0 Å². The molecule has 0 bridgehead atoms. The lowest BCUT2D eigenvalue weighted by Crippen LogP contribution is -2.17. The Hall–Kier alpha value is -1.19. The van der Waals surface area contributed by atoms with E-state index in [-0.39, 0.29) is 19.7 Å². The highest BCUT2D eigenvalue weighted by Crippen LogP contribution is 1.75. The fourth-order valence-corrected chi connectivity index (χ4v) is 0.310. The van der Waals surface area contributed by atoms with Gasteiger partial charge in [-0.2, -0.15) is 0 Å². The fraction of sp³-hybridized carbons (Fsp3) is 0.600. The Kier molecular flexibility index (Phi) is 5.23. The van der Waals surface area contributed by atoms with E-state index in [2.05, 4.69) is 9.73 Å². The van der Waals surface area contributed by atoms with Gasteiger partial charge in [-0.3, -0.25) is 4.79 Å². The molecule has 0 amide bonds. The number of nitrogens with two attached hydrogens (primary N) is 1. The van der Waals surface area contributed by atoms with Crippen LogP contribution in [0.5, 0.6) is 0 Å². The highest BCUT2D eigenvalue weighted by molar-refractivity contribution is 5.71. The van der Waals surface area contributed by atoms with Gasteiger partial charge in [-0.05, 0) is 0 Å². The van der Waals surface area contributed by atoms with Crippen LogP contribution in [0.1, 0.15) is 0 Å². The van der Waals surface area contributed by atoms with Crippen LogP contribution in [0.2, 0.25) is 0 Å². The summed E-state index contributed by atoms with van der Waals surface area (Å²) in [6.45, 7) is 0.0886. The molecular weight excluding hydrogens is 136 g/mol. The van der Waals surface area contributed by atoms with Gasteiger partial charge in [0.15, 0.2) is 0 Å². The molecule has 5 heteroatoms. The second-order valence-corrected chi connectivity index (χ2v) is 1.40. The molecule has 56 valence electrons. The summed E-state index contributed by atoms with van der Waals surface area (Å²) in [6.07, 6.45) is 1.31. The zero-order valence-corrected chi connectivity index (χ0v) is 5.37. The van der Waals surface area contributed by atoms with E-state index in [0.717, 1.165) is 0 Å². The molecule has 0 rings (SSSR count). The summed E-state index contributed by atoms with van der Waals surface area (Å²) in [7, 11) is 0. The van der Waals surface area contributed by atoms with Gasteiger partial charge in [-0.1, -0.05) is 0 Å². The quantitative estimate of drug-likeness (QED) is 0.233. The van der Waals surface area contributed by atoms with Gasteiger partial charge in [0.1, 0.15) is 6.61 Å². The van der Waals surface area contributed by atoms with Gasteiger partial charge in [0.25, 0.3) is 0 Å². The van der Waals surface area contributed by atoms with Crippen LogP contribution in [0.25, 0.3) is 0 Å². The topological polar surface area (TPSA) is 81.8 Å². The van der Waals surface area contributed by atoms with Gasteiger partial charge in [-0.25, -0.2) is 9.79 Å². The number of isocyanates is 1. The zero-order chi connectivity index (χ0) is 7.82. The molecule has 0 unspecified atom stereocenters. The summed E-state index contributed by atoms with van der Waals surface area (Å²) < 4.78 is 4.46. The molecule has 0 aliphatic rings. The molecule has 0 aliphatic carbocycles. The second kappa shape index (κ2) is 5.94. The second-order valence-electron chi connectivity index (χ2n) is 1.40. The first kappa shape index (κ1) is 8.81. The summed E-state index contributed by atoms with van der Waals surface area (Å²) in [5, 5.41) is 0. The molecule has 2 N–H and O–H groups in total. The maximum absolute atomic E-state index is 10.3. The van der Waals surface area contributed by atoms with E-state index in [1.165, 1.54) is 6.08 Å². The number of nitrogens with zero attached hydrogens (tertiary/aromatic N) is 1. The van der Waals surface area contributed by atoms with Crippen molar-refractivity contribution in [1.82, 2.24) is 0 Å². The Morgan fingerprint density at radius 1 is 1.70 bits per heavy atom. The van der Waals surface area contributed by atoms with Crippen molar-refractivity contribution < 1.29 is 14.3 Å². The van der Waals surface area contributed by atoms with E-state index >= 15 is 0 Å². The average Bonchev–Trinajstić information content (AvgIpc) is 1.98. The smallest absolute Gasteiger partial charge is 0.319 e. The first-order valence-electron chi connectivity index (χ1n) is 2.70. The molecular formula is C5H8N2O3. The third-order valence-corrected chi connectivity index (χ3v) is 0.697. The van der Waals surface area contributed by atoms with E-state index < -0.39 is 5.97 Å². The van der Waals surface area contributed by atoms with Crippen molar-refractivity contribution in [3.05, 3.63) is 0 Å². The highest BCUT2D eigenvalue weighted by Gasteiger charge is 1.95. The van der Waals surface area contributed by atoms with Crippen molar-refractivity contribution in [2.24, 2.45) is 10.7 Å². The van der Waals surface area contributed by atoms with Crippen LogP contribution in [0.3, 0.4) is 0 Å². The molecule has 0 aromatic rings. The van der Waals surface area contributed by atoms with Gasteiger partial charge in [0.05, 0.1) is 13.1 Å². The molecule has 0 aromatic carbocycles. The van der Waals surface area contributed by atoms with E-state index in [0.29, 0.717) is 0 Å². The monoisotopic (exact) mass is 144 g/mol. The molecule has 0 radical (unpaired) electrons. The molecule has 0 fully saturated rings. The van der Waals surface area contributed by atoms with Crippen LogP contribution in [0.15, 0.2) is 4.99 Å². The van der Waals surface area contributed by atoms with Crippen molar-refractivity contribution in [3.8, 4) is 0 Å². The minimum Gasteiger partial charge on any atom is -0.463 e. The molecule has 0 saturated carbocycles. The number of aliphatic imine (C=N–C) groups is 1. The number of hydrogen-bond donors (Lipinski definition) is 1. The lowest BCUT2D eigenvalue weighted by molar-refractivity contribution is -0.141. The lowest BCUT2D eigenvalue weighted by Gasteiger charge is -1.97. The molecule has 0 spiro atoms. The molecule has 0 aliphatic heterocycles. The van der Waals surface area contributed by atoms with Crippen LogP contribution in [0, 0.1) is 0 Å². The van der Waals surface area contributed by atoms with E-state index in [4.69, 9.17) is 5.73 Å². The van der Waals surface area contributed by atoms with E-state index in [1.807, 2.05) is 0 Å². The molecule has 0 heterocycles. The van der Waals surface area contributed by atoms with Gasteiger partial charge < -0.3 is 10.5 Å². The summed E-state index contributed by atoms with van der Waals surface area (Å²) in [6, 6.07) is 0. The number of carbonyl (C=O) groups excluding carboxylic acids is 2. The van der Waals surface area contributed by atoms with Crippen molar-refractivity contribution in [2.75, 3.05) is 19.7 Å². The summed E-state index contributed by atoms with van der Waals surface area (Å²) in [5.74, 6) is -0.499. The normalized spacial score (nSPS) is 8.10. The first-order chi connectivity index (χ1) is 4.81. The molecule has 0 atom stereocenters. The van der Waals surface area contributed by atoms with Gasteiger partial charge in [0.2, 0.25) is 6.08 Å². The third kappa shape index (κ3) is 4.96. The Balaban J connectivity index is 3.19. The first-order valence-corrected chi connectivity index (χ1v) is 2.70. The average molecular weight is 144 g/mol. The van der Waals surface area contributed by atoms with Gasteiger partial charge in [0, 0.05) is 0 Å². The predicted molar refractivity (Wildman–Crippen MR) is 33.0 cm³/mol. The number of carbonyl (C=O) groups is 1. The zero-order valence-electron chi connectivity index (χ0n) is 5.37. The van der Waals surface area contributed by atoms with E-state index in [1.54, 1.807) is 0 Å². The Morgan fingerprint density at radius 2 is 2.40 bits per heavy atom. The number of rotatable bonds is 4. The number of ether oxygens (including phenoxy) is 1. The van der Waals surface area contributed by atoms with Crippen molar-refractivity contribution >= 4 is 12.0 Å². The van der Waals surface area contributed by atoms with Crippen LogP contribution in [-0.4, -0.2) is 31.7 Å². The maximum Gasteiger partial charge on any atom is 0.319 e. The minimum atomic E-state index is -0.499. The molecule has 5 nitrogen and oxygen atoms in total. The Labute approximate surface area is 57.9 Å². The van der Waals surface area contributed by atoms with Crippen LogP contribution < -0.4 is 5.73 Å². The fourth-order valence-electron chi connectivity index (χ4n) is 0.310. The SMILES string of the molecule is NCC(=O)OCCN=C=O. The predicted octanol–water partition coefficient (Wildman–Crippen LogP) is -1.18. The summed E-state index contributed by atoms with van der Waals surface area (Å²) in [4.78, 5) is 22.9.